The molecule has 5 heteroatoms. The highest BCUT2D eigenvalue weighted by atomic mass is 32.1. The van der Waals surface area contributed by atoms with Crippen molar-refractivity contribution in [2.75, 3.05) is 5.73 Å². The van der Waals surface area contributed by atoms with Crippen LogP contribution < -0.4 is 11.5 Å². The molecule has 0 saturated heterocycles. The quantitative estimate of drug-likeness (QED) is 0.750. The predicted octanol–water partition coefficient (Wildman–Crippen LogP) is 2.64. The summed E-state index contributed by atoms with van der Waals surface area (Å²) in [6.45, 7) is 0. The lowest BCUT2D eigenvalue weighted by atomic mass is 10.0. The number of hydrogen-bond donors (Lipinski definition) is 2. The zero-order valence-corrected chi connectivity index (χ0v) is 10.8. The fourth-order valence-corrected chi connectivity index (χ4v) is 2.69. The SMILES string of the molecule is NC(=O)c1cccc(-c2ccc3sc(N)nc3c2)c1. The standard InChI is InChI=1S/C14H11N3OS/c15-13(18)10-3-1-2-8(6-10)9-4-5-12-11(7-9)17-14(16)19-12/h1-7H,(H2,15,18)(H2,16,17). The molecule has 0 fully saturated rings. The van der Waals surface area contributed by atoms with Crippen LogP contribution in [0.3, 0.4) is 0 Å². The van der Waals surface area contributed by atoms with E-state index in [1.165, 1.54) is 11.3 Å². The number of nitrogens with two attached hydrogens (primary N) is 2. The number of aromatic nitrogens is 1. The van der Waals surface area contributed by atoms with Crippen LogP contribution in [-0.2, 0) is 0 Å². The van der Waals surface area contributed by atoms with Gasteiger partial charge < -0.3 is 11.5 Å². The van der Waals surface area contributed by atoms with Crippen molar-refractivity contribution in [3.63, 3.8) is 0 Å². The minimum atomic E-state index is -0.430. The molecule has 0 aliphatic heterocycles. The summed E-state index contributed by atoms with van der Waals surface area (Å²) in [7, 11) is 0. The monoisotopic (exact) mass is 269 g/mol. The van der Waals surface area contributed by atoms with Crippen LogP contribution in [0, 0.1) is 0 Å². The van der Waals surface area contributed by atoms with Crippen molar-refractivity contribution in [2.45, 2.75) is 0 Å². The Kier molecular flexibility index (Phi) is 2.68. The summed E-state index contributed by atoms with van der Waals surface area (Å²) in [5.74, 6) is -0.430. The molecule has 0 atom stereocenters. The van der Waals surface area contributed by atoms with Crippen LogP contribution >= 0.6 is 11.3 Å². The molecule has 0 aliphatic rings. The molecular formula is C14H11N3OS. The second-order valence-electron chi connectivity index (χ2n) is 4.18. The average molecular weight is 269 g/mol. The van der Waals surface area contributed by atoms with Crippen molar-refractivity contribution in [3.05, 3.63) is 48.0 Å². The Morgan fingerprint density at radius 1 is 1.11 bits per heavy atom. The largest absolute Gasteiger partial charge is 0.375 e. The molecule has 0 spiro atoms. The lowest BCUT2D eigenvalue weighted by Crippen LogP contribution is -2.10. The zero-order chi connectivity index (χ0) is 13.4. The van der Waals surface area contributed by atoms with Gasteiger partial charge in [-0.15, -0.1) is 0 Å². The molecule has 3 rings (SSSR count). The van der Waals surface area contributed by atoms with Gasteiger partial charge in [-0.3, -0.25) is 4.79 Å². The van der Waals surface area contributed by atoms with E-state index in [4.69, 9.17) is 11.5 Å². The Balaban J connectivity index is 2.12. The number of rotatable bonds is 2. The maximum Gasteiger partial charge on any atom is 0.248 e. The Morgan fingerprint density at radius 2 is 1.89 bits per heavy atom. The normalized spacial score (nSPS) is 10.7. The molecule has 0 saturated carbocycles. The van der Waals surface area contributed by atoms with Crippen LogP contribution in [0.15, 0.2) is 42.5 Å². The van der Waals surface area contributed by atoms with Crippen LogP contribution in [0.2, 0.25) is 0 Å². The summed E-state index contributed by atoms with van der Waals surface area (Å²) in [5, 5.41) is 0.554. The zero-order valence-electron chi connectivity index (χ0n) is 9.96. The molecule has 0 bridgehead atoms. The topological polar surface area (TPSA) is 82.0 Å². The number of thiazole rings is 1. The van der Waals surface area contributed by atoms with Gasteiger partial charge in [0.1, 0.15) is 0 Å². The number of carbonyl (C=O) groups excluding carboxylic acids is 1. The van der Waals surface area contributed by atoms with E-state index in [9.17, 15) is 4.79 Å². The highest BCUT2D eigenvalue weighted by Crippen LogP contribution is 2.29. The third kappa shape index (κ3) is 2.15. The fourth-order valence-electron chi connectivity index (χ4n) is 1.98. The number of nitrogens with zero attached hydrogens (tertiary/aromatic N) is 1. The summed E-state index contributed by atoms with van der Waals surface area (Å²) in [4.78, 5) is 15.5. The summed E-state index contributed by atoms with van der Waals surface area (Å²) in [5.41, 5.74) is 14.3. The van der Waals surface area contributed by atoms with Crippen LogP contribution in [0.5, 0.6) is 0 Å². The lowest BCUT2D eigenvalue weighted by Gasteiger charge is -2.03. The maximum absolute atomic E-state index is 11.2. The van der Waals surface area contributed by atoms with Crippen LogP contribution in [0.25, 0.3) is 21.3 Å². The van der Waals surface area contributed by atoms with Gasteiger partial charge in [-0.2, -0.15) is 0 Å². The van der Waals surface area contributed by atoms with E-state index < -0.39 is 5.91 Å². The molecule has 2 aromatic carbocycles. The first kappa shape index (κ1) is 11.7. The number of anilines is 1. The predicted molar refractivity (Wildman–Crippen MR) is 78.0 cm³/mol. The fraction of sp³-hybridized carbons (Fsp3) is 0. The van der Waals surface area contributed by atoms with E-state index in [0.29, 0.717) is 10.7 Å². The second kappa shape index (κ2) is 4.37. The maximum atomic E-state index is 11.2. The summed E-state index contributed by atoms with van der Waals surface area (Å²) >= 11 is 1.46. The van der Waals surface area contributed by atoms with Gasteiger partial charge >= 0.3 is 0 Å². The Labute approximate surface area is 113 Å². The molecule has 94 valence electrons. The molecule has 1 heterocycles. The van der Waals surface area contributed by atoms with E-state index in [-0.39, 0.29) is 0 Å². The van der Waals surface area contributed by atoms with Gasteiger partial charge in [-0.1, -0.05) is 29.5 Å². The molecule has 19 heavy (non-hydrogen) atoms. The Morgan fingerprint density at radius 3 is 2.68 bits per heavy atom. The van der Waals surface area contributed by atoms with Crippen LogP contribution in [0.4, 0.5) is 5.13 Å². The third-order valence-electron chi connectivity index (χ3n) is 2.88. The van der Waals surface area contributed by atoms with E-state index in [1.54, 1.807) is 12.1 Å². The number of amides is 1. The number of hydrogen-bond acceptors (Lipinski definition) is 4. The summed E-state index contributed by atoms with van der Waals surface area (Å²) in [6.07, 6.45) is 0. The van der Waals surface area contributed by atoms with Crippen molar-refractivity contribution in [3.8, 4) is 11.1 Å². The van der Waals surface area contributed by atoms with E-state index in [2.05, 4.69) is 4.98 Å². The molecule has 3 aromatic rings. The third-order valence-corrected chi connectivity index (χ3v) is 3.75. The van der Waals surface area contributed by atoms with Gasteiger partial charge in [-0.05, 0) is 35.4 Å². The first-order valence-electron chi connectivity index (χ1n) is 5.70. The number of carbonyl (C=O) groups is 1. The smallest absolute Gasteiger partial charge is 0.248 e. The van der Waals surface area contributed by atoms with Crippen LogP contribution in [0.1, 0.15) is 10.4 Å². The Hall–Kier alpha value is -2.40. The van der Waals surface area contributed by atoms with Gasteiger partial charge in [0.25, 0.3) is 0 Å². The molecule has 0 aliphatic carbocycles. The molecular weight excluding hydrogens is 258 g/mol. The summed E-state index contributed by atoms with van der Waals surface area (Å²) < 4.78 is 1.05. The van der Waals surface area contributed by atoms with Gasteiger partial charge in [0.15, 0.2) is 5.13 Å². The minimum absolute atomic E-state index is 0.430. The average Bonchev–Trinajstić information content (AvgIpc) is 2.77. The van der Waals surface area contributed by atoms with Gasteiger partial charge in [0.05, 0.1) is 10.2 Å². The number of benzene rings is 2. The van der Waals surface area contributed by atoms with Gasteiger partial charge in [-0.25, -0.2) is 4.98 Å². The van der Waals surface area contributed by atoms with Crippen LogP contribution in [-0.4, -0.2) is 10.9 Å². The molecule has 0 radical (unpaired) electrons. The van der Waals surface area contributed by atoms with Crippen molar-refractivity contribution in [2.24, 2.45) is 5.73 Å². The summed E-state index contributed by atoms with van der Waals surface area (Å²) in [6, 6.07) is 13.2. The second-order valence-corrected chi connectivity index (χ2v) is 5.24. The molecule has 4 N–H and O–H groups in total. The van der Waals surface area contributed by atoms with Gasteiger partial charge in [0, 0.05) is 5.56 Å². The van der Waals surface area contributed by atoms with E-state index >= 15 is 0 Å². The lowest BCUT2D eigenvalue weighted by molar-refractivity contribution is 0.100. The Bertz CT molecular complexity index is 779. The van der Waals surface area contributed by atoms with E-state index in [1.807, 2.05) is 30.3 Å². The van der Waals surface area contributed by atoms with E-state index in [0.717, 1.165) is 21.3 Å². The molecule has 1 amide bonds. The van der Waals surface area contributed by atoms with Gasteiger partial charge in [0.2, 0.25) is 5.91 Å². The van der Waals surface area contributed by atoms with Crippen molar-refractivity contribution in [1.82, 2.24) is 4.98 Å². The molecule has 1 aromatic heterocycles. The minimum Gasteiger partial charge on any atom is -0.375 e. The molecule has 4 nitrogen and oxygen atoms in total. The molecule has 0 unspecified atom stereocenters. The first-order valence-corrected chi connectivity index (χ1v) is 6.51. The first-order chi connectivity index (χ1) is 9.13. The van der Waals surface area contributed by atoms with Crippen molar-refractivity contribution in [1.29, 1.82) is 0 Å². The van der Waals surface area contributed by atoms with Crippen molar-refractivity contribution >= 4 is 32.6 Å². The number of fused-ring (bicyclic) bond motifs is 1. The number of nitrogen functional groups attached to an aromatic ring is 1. The number of primary amides is 1. The van der Waals surface area contributed by atoms with Crippen molar-refractivity contribution < 1.29 is 4.79 Å². The highest BCUT2D eigenvalue weighted by Gasteiger charge is 2.06. The highest BCUT2D eigenvalue weighted by molar-refractivity contribution is 7.22.